The number of carboxylic acid groups (broad SMARTS) is 1. The van der Waals surface area contributed by atoms with Gasteiger partial charge in [0.05, 0.1) is 0 Å². The first kappa shape index (κ1) is 14.9. The van der Waals surface area contributed by atoms with E-state index in [1.54, 1.807) is 6.92 Å². The van der Waals surface area contributed by atoms with Gasteiger partial charge in [0, 0.05) is 13.2 Å². The first-order valence-corrected chi connectivity index (χ1v) is 6.30. The lowest BCUT2D eigenvalue weighted by atomic mass is 10.1. The van der Waals surface area contributed by atoms with Gasteiger partial charge in [0.2, 0.25) is 0 Å². The summed E-state index contributed by atoms with van der Waals surface area (Å²) in [5.74, 6) is -0.777. The van der Waals surface area contributed by atoms with E-state index in [-0.39, 0.29) is 0 Å². The van der Waals surface area contributed by atoms with Crippen LogP contribution in [-0.2, 0) is 9.53 Å². The van der Waals surface area contributed by atoms with E-state index in [1.165, 1.54) is 12.8 Å². The first-order valence-electron chi connectivity index (χ1n) is 5.50. The topological polar surface area (TPSA) is 46.5 Å². The molecule has 90 valence electrons. The minimum absolute atomic E-state index is 0.693. The van der Waals surface area contributed by atoms with Crippen LogP contribution in [0.5, 0.6) is 0 Å². The van der Waals surface area contributed by atoms with Gasteiger partial charge in [-0.2, -0.15) is 0 Å². The molecule has 1 N–H and O–H groups in total. The Bertz CT molecular complexity index is 169. The molecule has 0 saturated carbocycles. The lowest BCUT2D eigenvalue weighted by Crippen LogP contribution is -2.27. The molecule has 0 aromatic heterocycles. The molecule has 0 bridgehead atoms. The zero-order valence-corrected chi connectivity index (χ0v) is 11.2. The molecule has 0 aromatic rings. The highest BCUT2D eigenvalue weighted by atomic mass is 79.9. The number of rotatable bonds is 4. The maximum absolute atomic E-state index is 10.5. The fourth-order valence-electron chi connectivity index (χ4n) is 1.13. The van der Waals surface area contributed by atoms with Gasteiger partial charge in [-0.25, -0.2) is 0 Å². The molecule has 0 spiro atoms. The summed E-state index contributed by atoms with van der Waals surface area (Å²) in [6.45, 7) is 5.73. The summed E-state index contributed by atoms with van der Waals surface area (Å²) in [5, 5.41) is 8.62. The molecule has 1 atom stereocenters. The van der Waals surface area contributed by atoms with Crippen molar-refractivity contribution in [1.29, 1.82) is 0 Å². The molecule has 15 heavy (non-hydrogen) atoms. The maximum Gasteiger partial charge on any atom is 0.320 e. The number of carboxylic acids is 1. The van der Waals surface area contributed by atoms with Crippen LogP contribution in [0, 0.1) is 0 Å². The van der Waals surface area contributed by atoms with E-state index in [4.69, 9.17) is 9.84 Å². The van der Waals surface area contributed by atoms with E-state index in [1.807, 2.05) is 6.92 Å². The Morgan fingerprint density at radius 3 is 2.27 bits per heavy atom. The zero-order chi connectivity index (χ0) is 11.7. The number of alkyl halides is 1. The number of hydrogen-bond donors (Lipinski definition) is 1. The lowest BCUT2D eigenvalue weighted by Gasteiger charge is -2.15. The van der Waals surface area contributed by atoms with Gasteiger partial charge in [0.25, 0.3) is 0 Å². The number of hydrogen-bond acceptors (Lipinski definition) is 2. The SMILES string of the molecule is C1CCOC1.CCCCC(C)(Br)C(=O)O. The van der Waals surface area contributed by atoms with Crippen LogP contribution in [0.2, 0.25) is 0 Å². The highest BCUT2D eigenvalue weighted by Crippen LogP contribution is 2.24. The van der Waals surface area contributed by atoms with Gasteiger partial charge in [0.1, 0.15) is 4.32 Å². The molecule has 1 saturated heterocycles. The fourth-order valence-corrected chi connectivity index (χ4v) is 1.41. The summed E-state index contributed by atoms with van der Waals surface area (Å²) < 4.78 is 4.23. The van der Waals surface area contributed by atoms with Crippen molar-refractivity contribution in [2.75, 3.05) is 13.2 Å². The third-order valence-electron chi connectivity index (χ3n) is 2.27. The number of ether oxygens (including phenoxy) is 1. The van der Waals surface area contributed by atoms with Crippen molar-refractivity contribution in [1.82, 2.24) is 0 Å². The summed E-state index contributed by atoms with van der Waals surface area (Å²) in [7, 11) is 0. The van der Waals surface area contributed by atoms with Crippen molar-refractivity contribution in [2.24, 2.45) is 0 Å². The molecule has 0 amide bonds. The summed E-state index contributed by atoms with van der Waals surface area (Å²) >= 11 is 3.15. The average Bonchev–Trinajstić information content (AvgIpc) is 2.72. The zero-order valence-electron chi connectivity index (χ0n) is 9.59. The molecule has 0 aromatic carbocycles. The summed E-state index contributed by atoms with van der Waals surface area (Å²) in [6.07, 6.45) is 5.24. The molecular weight excluding hydrogens is 260 g/mol. The second-order valence-corrected chi connectivity index (χ2v) is 5.68. The Balaban J connectivity index is 0.000000322. The third kappa shape index (κ3) is 7.79. The van der Waals surface area contributed by atoms with Gasteiger partial charge in [-0.15, -0.1) is 0 Å². The smallest absolute Gasteiger partial charge is 0.320 e. The Kier molecular flexibility index (Phi) is 8.06. The van der Waals surface area contributed by atoms with Crippen LogP contribution in [-0.4, -0.2) is 28.6 Å². The molecule has 1 aliphatic rings. The Labute approximate surface area is 100 Å². The monoisotopic (exact) mass is 280 g/mol. The second-order valence-electron chi connectivity index (χ2n) is 3.93. The van der Waals surface area contributed by atoms with Crippen LogP contribution in [0.3, 0.4) is 0 Å². The maximum atomic E-state index is 10.5. The molecule has 1 fully saturated rings. The molecule has 3 nitrogen and oxygen atoms in total. The molecule has 0 aliphatic carbocycles. The van der Waals surface area contributed by atoms with Gasteiger partial charge < -0.3 is 9.84 Å². The molecule has 1 heterocycles. The van der Waals surface area contributed by atoms with Crippen LogP contribution in [0.25, 0.3) is 0 Å². The molecule has 1 unspecified atom stereocenters. The Hall–Kier alpha value is -0.0900. The highest BCUT2D eigenvalue weighted by molar-refractivity contribution is 9.10. The molecular formula is C11H21BrO3. The predicted octanol–water partition coefficient (Wildman–Crippen LogP) is 3.21. The van der Waals surface area contributed by atoms with Gasteiger partial charge >= 0.3 is 5.97 Å². The van der Waals surface area contributed by atoms with Crippen LogP contribution < -0.4 is 0 Å². The van der Waals surface area contributed by atoms with Crippen molar-refractivity contribution in [3.8, 4) is 0 Å². The van der Waals surface area contributed by atoms with E-state index in [0.717, 1.165) is 26.1 Å². The third-order valence-corrected chi connectivity index (χ3v) is 3.01. The van der Waals surface area contributed by atoms with Gasteiger partial charge in [-0.1, -0.05) is 35.7 Å². The van der Waals surface area contributed by atoms with Gasteiger partial charge in [-0.3, -0.25) is 4.79 Å². The van der Waals surface area contributed by atoms with Crippen LogP contribution >= 0.6 is 15.9 Å². The molecule has 1 rings (SSSR count). The van der Waals surface area contributed by atoms with Gasteiger partial charge in [-0.05, 0) is 26.2 Å². The number of carbonyl (C=O) groups is 1. The average molecular weight is 281 g/mol. The van der Waals surface area contributed by atoms with E-state index in [9.17, 15) is 4.79 Å². The minimum Gasteiger partial charge on any atom is -0.480 e. The van der Waals surface area contributed by atoms with Crippen LogP contribution in [0.4, 0.5) is 0 Å². The number of unbranched alkanes of at least 4 members (excludes halogenated alkanes) is 1. The second kappa shape index (κ2) is 8.11. The number of halogens is 1. The predicted molar refractivity (Wildman–Crippen MR) is 64.5 cm³/mol. The number of aliphatic carboxylic acids is 1. The van der Waals surface area contributed by atoms with Crippen molar-refractivity contribution < 1.29 is 14.6 Å². The quantitative estimate of drug-likeness (QED) is 0.805. The van der Waals surface area contributed by atoms with E-state index >= 15 is 0 Å². The summed E-state index contributed by atoms with van der Waals surface area (Å²) in [5.41, 5.74) is 0. The fraction of sp³-hybridized carbons (Fsp3) is 0.909. The van der Waals surface area contributed by atoms with Crippen molar-refractivity contribution >= 4 is 21.9 Å². The van der Waals surface area contributed by atoms with Gasteiger partial charge in [0.15, 0.2) is 0 Å². The largest absolute Gasteiger partial charge is 0.480 e. The van der Waals surface area contributed by atoms with Crippen molar-refractivity contribution in [3.05, 3.63) is 0 Å². The summed E-state index contributed by atoms with van der Waals surface area (Å²) in [6, 6.07) is 0. The summed E-state index contributed by atoms with van der Waals surface area (Å²) in [4.78, 5) is 10.5. The minimum atomic E-state index is -0.777. The lowest BCUT2D eigenvalue weighted by molar-refractivity contribution is -0.139. The van der Waals surface area contributed by atoms with Crippen molar-refractivity contribution in [3.63, 3.8) is 0 Å². The van der Waals surface area contributed by atoms with Crippen LogP contribution in [0.1, 0.15) is 46.0 Å². The molecule has 4 heteroatoms. The Morgan fingerprint density at radius 2 is 2.00 bits per heavy atom. The standard InChI is InChI=1S/C7H13BrO2.C4H8O/c1-3-4-5-7(2,8)6(9)10;1-2-4-5-3-1/h3-5H2,1-2H3,(H,9,10);1-4H2. The van der Waals surface area contributed by atoms with E-state index < -0.39 is 10.3 Å². The van der Waals surface area contributed by atoms with Crippen LogP contribution in [0.15, 0.2) is 0 Å². The van der Waals surface area contributed by atoms with E-state index in [0.29, 0.717) is 6.42 Å². The molecule has 0 radical (unpaired) electrons. The Morgan fingerprint density at radius 1 is 1.47 bits per heavy atom. The van der Waals surface area contributed by atoms with E-state index in [2.05, 4.69) is 15.9 Å². The molecule has 1 aliphatic heterocycles. The van der Waals surface area contributed by atoms with Crippen molar-refractivity contribution in [2.45, 2.75) is 50.3 Å². The highest BCUT2D eigenvalue weighted by Gasteiger charge is 2.28. The first-order chi connectivity index (χ1) is 7.00. The normalized spacial score (nSPS) is 18.9.